The molecule has 10 nitrogen and oxygen atoms in total. The van der Waals surface area contributed by atoms with Crippen LogP contribution in [0.3, 0.4) is 0 Å². The first-order chi connectivity index (χ1) is 19.5. The molecule has 0 spiro atoms. The largest absolute Gasteiger partial charge is 0.369 e. The average Bonchev–Trinajstić information content (AvgIpc) is 3.33. The number of aromatic nitrogens is 4. The summed E-state index contributed by atoms with van der Waals surface area (Å²) in [5.41, 5.74) is 7.75. The lowest BCUT2D eigenvalue weighted by Gasteiger charge is -2.38. The normalized spacial score (nSPS) is 18.5. The van der Waals surface area contributed by atoms with E-state index in [-0.39, 0.29) is 17.4 Å². The fraction of sp³-hybridized carbons (Fsp3) is 0.357. The van der Waals surface area contributed by atoms with Crippen molar-refractivity contribution in [3.8, 4) is 17.1 Å². The van der Waals surface area contributed by atoms with Crippen molar-refractivity contribution in [1.82, 2.24) is 19.5 Å². The number of anilines is 2. The van der Waals surface area contributed by atoms with Gasteiger partial charge in [-0.05, 0) is 49.2 Å². The molecule has 4 heterocycles. The molecular weight excluding hydrogens is 585 g/mol. The molecule has 214 valence electrons. The Morgan fingerprint density at radius 2 is 1.56 bits per heavy atom. The summed E-state index contributed by atoms with van der Waals surface area (Å²) < 4.78 is 26.3. The zero-order valence-electron chi connectivity index (χ0n) is 22.4. The van der Waals surface area contributed by atoms with Crippen LogP contribution in [-0.4, -0.2) is 71.5 Å². The molecule has 2 fully saturated rings. The number of primary amides is 1. The van der Waals surface area contributed by atoms with Crippen LogP contribution in [0.4, 0.5) is 11.8 Å². The maximum Gasteiger partial charge on any atom is 0.229 e. The first kappa shape index (κ1) is 27.7. The van der Waals surface area contributed by atoms with Gasteiger partial charge in [0.2, 0.25) is 11.9 Å². The van der Waals surface area contributed by atoms with E-state index in [9.17, 15) is 13.2 Å². The smallest absolute Gasteiger partial charge is 0.229 e. The number of imidazole rings is 1. The minimum absolute atomic E-state index is 0.0335. The van der Waals surface area contributed by atoms with Crippen molar-refractivity contribution in [3.05, 3.63) is 58.6 Å². The van der Waals surface area contributed by atoms with Crippen LogP contribution >= 0.6 is 23.2 Å². The third-order valence-electron chi connectivity index (χ3n) is 8.06. The average molecular weight is 615 g/mol. The van der Waals surface area contributed by atoms with E-state index in [2.05, 4.69) is 4.90 Å². The molecule has 6 rings (SSSR count). The molecule has 2 aliphatic rings. The molecular formula is C28H29Cl2N7O3S. The fourth-order valence-electron chi connectivity index (χ4n) is 5.32. The number of piperidine rings is 1. The van der Waals surface area contributed by atoms with Gasteiger partial charge in [0.05, 0.1) is 16.5 Å². The molecule has 0 aliphatic carbocycles. The topological polar surface area (TPSA) is 127 Å². The molecule has 2 saturated heterocycles. The molecule has 0 saturated carbocycles. The lowest BCUT2D eigenvalue weighted by molar-refractivity contribution is -0.127. The highest BCUT2D eigenvalue weighted by molar-refractivity contribution is 7.91. The van der Waals surface area contributed by atoms with Gasteiger partial charge in [0.15, 0.2) is 26.8 Å². The first-order valence-electron chi connectivity index (χ1n) is 13.4. The Bertz CT molecular complexity index is 1740. The zero-order valence-corrected chi connectivity index (χ0v) is 24.8. The Morgan fingerprint density at radius 3 is 2.20 bits per heavy atom. The Kier molecular flexibility index (Phi) is 7.07. The first-order valence-corrected chi connectivity index (χ1v) is 15.9. The van der Waals surface area contributed by atoms with Crippen molar-refractivity contribution in [3.63, 3.8) is 0 Å². The van der Waals surface area contributed by atoms with E-state index in [1.54, 1.807) is 12.1 Å². The molecule has 1 amide bonds. The third-order valence-corrected chi connectivity index (χ3v) is 10.3. The van der Waals surface area contributed by atoms with E-state index in [1.165, 1.54) is 0 Å². The number of halogens is 2. The van der Waals surface area contributed by atoms with E-state index < -0.39 is 15.3 Å². The van der Waals surface area contributed by atoms with Gasteiger partial charge in [-0.25, -0.2) is 13.4 Å². The Labute approximate surface area is 248 Å². The third kappa shape index (κ3) is 5.22. The summed E-state index contributed by atoms with van der Waals surface area (Å²) in [4.78, 5) is 31.2. The molecule has 0 radical (unpaired) electrons. The number of nitrogens with two attached hydrogens (primary N) is 1. The van der Waals surface area contributed by atoms with Crippen molar-refractivity contribution < 1.29 is 13.2 Å². The molecule has 2 aromatic heterocycles. The molecule has 0 atom stereocenters. The van der Waals surface area contributed by atoms with Gasteiger partial charge < -0.3 is 15.5 Å². The lowest BCUT2D eigenvalue weighted by atomic mass is 9.80. The Balaban J connectivity index is 1.57. The number of amides is 1. The predicted octanol–water partition coefficient (Wildman–Crippen LogP) is 4.12. The zero-order chi connectivity index (χ0) is 28.9. The number of hydrogen-bond acceptors (Lipinski definition) is 8. The Hall–Kier alpha value is -3.41. The number of carbonyl (C=O) groups is 1. The molecule has 4 aromatic rings. The van der Waals surface area contributed by atoms with E-state index in [0.717, 1.165) is 11.3 Å². The highest BCUT2D eigenvalue weighted by Crippen LogP contribution is 2.39. The van der Waals surface area contributed by atoms with E-state index in [4.69, 9.17) is 43.9 Å². The quantitative estimate of drug-likeness (QED) is 0.356. The van der Waals surface area contributed by atoms with E-state index >= 15 is 0 Å². The number of hydrogen-bond donors (Lipinski definition) is 1. The molecule has 0 bridgehead atoms. The van der Waals surface area contributed by atoms with Gasteiger partial charge in [-0.1, -0.05) is 42.3 Å². The summed E-state index contributed by atoms with van der Waals surface area (Å²) in [6, 6.07) is 14.8. The highest BCUT2D eigenvalue weighted by atomic mass is 35.5. The number of carbonyl (C=O) groups excluding carboxylic acids is 1. The summed E-state index contributed by atoms with van der Waals surface area (Å²) >= 11 is 12.9. The second kappa shape index (κ2) is 10.5. The van der Waals surface area contributed by atoms with Gasteiger partial charge >= 0.3 is 0 Å². The van der Waals surface area contributed by atoms with Gasteiger partial charge in [-0.15, -0.1) is 0 Å². The summed E-state index contributed by atoms with van der Waals surface area (Å²) in [5, 5.41) is 1.12. The second-order valence-corrected chi connectivity index (χ2v) is 13.9. The van der Waals surface area contributed by atoms with Crippen molar-refractivity contribution >= 4 is 61.9 Å². The van der Waals surface area contributed by atoms with Gasteiger partial charge in [-0.3, -0.25) is 9.36 Å². The van der Waals surface area contributed by atoms with Gasteiger partial charge in [0.25, 0.3) is 0 Å². The standard InChI is InChI=1S/C28H29Cl2N7O3S/c1-28(26(31)38)10-12-35(13-11-28)24-22-25(34-27(33-24)36-14-16-41(39,40)17-15-36)37(19-8-6-18(29)7-9-19)23(32-22)20-4-2-3-5-21(20)30/h2-9H,10-17H2,1H3,(H2,31,38). The van der Waals surface area contributed by atoms with Crippen molar-refractivity contribution in [2.45, 2.75) is 19.8 Å². The Morgan fingerprint density at radius 1 is 0.902 bits per heavy atom. The molecule has 0 unspecified atom stereocenters. The number of rotatable bonds is 5. The predicted molar refractivity (Wildman–Crippen MR) is 162 cm³/mol. The van der Waals surface area contributed by atoms with Crippen LogP contribution in [-0.2, 0) is 14.6 Å². The maximum atomic E-state index is 12.2. The summed E-state index contributed by atoms with van der Waals surface area (Å²) in [5.74, 6) is 1.38. The molecule has 2 N–H and O–H groups in total. The lowest BCUT2D eigenvalue weighted by Crippen LogP contribution is -2.46. The minimum atomic E-state index is -3.11. The van der Waals surface area contributed by atoms with Crippen LogP contribution in [0.5, 0.6) is 0 Å². The van der Waals surface area contributed by atoms with Crippen LogP contribution in [0.25, 0.3) is 28.2 Å². The van der Waals surface area contributed by atoms with Crippen molar-refractivity contribution in [2.75, 3.05) is 47.5 Å². The van der Waals surface area contributed by atoms with Crippen LogP contribution < -0.4 is 15.5 Å². The SMILES string of the molecule is CC1(C(N)=O)CCN(c2nc(N3CCS(=O)(=O)CC3)nc3c2nc(-c2ccccc2Cl)n3-c2ccc(Cl)cc2)CC1. The highest BCUT2D eigenvalue weighted by Gasteiger charge is 2.37. The summed E-state index contributed by atoms with van der Waals surface area (Å²) in [6.45, 7) is 3.58. The number of sulfone groups is 1. The van der Waals surface area contributed by atoms with Gasteiger partial charge in [0, 0.05) is 47.9 Å². The van der Waals surface area contributed by atoms with Crippen LogP contribution in [0.2, 0.25) is 10.0 Å². The fourth-order valence-corrected chi connectivity index (χ4v) is 6.87. The van der Waals surface area contributed by atoms with E-state index in [1.807, 2.05) is 52.8 Å². The summed E-state index contributed by atoms with van der Waals surface area (Å²) in [7, 11) is -3.11. The minimum Gasteiger partial charge on any atom is -0.369 e. The molecule has 2 aliphatic heterocycles. The number of nitrogens with zero attached hydrogens (tertiary/aromatic N) is 6. The van der Waals surface area contributed by atoms with Crippen LogP contribution in [0, 0.1) is 5.41 Å². The molecule has 41 heavy (non-hydrogen) atoms. The monoisotopic (exact) mass is 613 g/mol. The number of fused-ring (bicyclic) bond motifs is 1. The van der Waals surface area contributed by atoms with Crippen molar-refractivity contribution in [2.24, 2.45) is 11.1 Å². The molecule has 13 heteroatoms. The van der Waals surface area contributed by atoms with Gasteiger partial charge in [0.1, 0.15) is 5.82 Å². The molecule has 2 aromatic carbocycles. The van der Waals surface area contributed by atoms with Crippen LogP contribution in [0.15, 0.2) is 48.5 Å². The van der Waals surface area contributed by atoms with Gasteiger partial charge in [-0.2, -0.15) is 9.97 Å². The van der Waals surface area contributed by atoms with Crippen LogP contribution in [0.1, 0.15) is 19.8 Å². The maximum absolute atomic E-state index is 12.2. The second-order valence-electron chi connectivity index (χ2n) is 10.8. The van der Waals surface area contributed by atoms with Crippen molar-refractivity contribution in [1.29, 1.82) is 0 Å². The van der Waals surface area contributed by atoms with E-state index in [0.29, 0.717) is 77.8 Å². The number of benzene rings is 2. The summed E-state index contributed by atoms with van der Waals surface area (Å²) in [6.07, 6.45) is 1.14.